The summed E-state index contributed by atoms with van der Waals surface area (Å²) in [5, 5.41) is 4.81. The van der Waals surface area contributed by atoms with Crippen molar-refractivity contribution in [1.82, 2.24) is 29.6 Å². The number of nitrogens with one attached hydrogen (secondary N) is 1. The van der Waals surface area contributed by atoms with Gasteiger partial charge in [-0.1, -0.05) is 79.1 Å². The molecule has 5 rings (SSSR count). The first kappa shape index (κ1) is 39.9. The van der Waals surface area contributed by atoms with Crippen molar-refractivity contribution in [3.05, 3.63) is 59.4 Å². The second-order valence-corrected chi connectivity index (χ2v) is 14.0. The summed E-state index contributed by atoms with van der Waals surface area (Å²) in [5.41, 5.74) is 3.13. The number of aromatic nitrogens is 5. The number of aryl methyl sites for hydroxylation is 1. The smallest absolute Gasteiger partial charge is 0.237 e. The molecule has 10 nitrogen and oxygen atoms in total. The first-order chi connectivity index (χ1) is 23.5. The maximum Gasteiger partial charge on any atom is 0.237 e. The predicted octanol–water partition coefficient (Wildman–Crippen LogP) is 9.26. The summed E-state index contributed by atoms with van der Waals surface area (Å²) in [6.45, 7) is 21.3. The second-order valence-electron chi connectivity index (χ2n) is 12.7. The van der Waals surface area contributed by atoms with Gasteiger partial charge in [0.15, 0.2) is 0 Å². The number of likely N-dealkylation sites (N-methyl/N-ethyl adjacent to an activating group) is 1. The predicted molar refractivity (Wildman–Crippen MR) is 205 cm³/mol. The summed E-state index contributed by atoms with van der Waals surface area (Å²) in [4.78, 5) is 20.0. The van der Waals surface area contributed by atoms with E-state index in [0.29, 0.717) is 58.8 Å². The number of rotatable bonds is 12. The van der Waals surface area contributed by atoms with Crippen molar-refractivity contribution >= 4 is 35.2 Å². The third kappa shape index (κ3) is 12.4. The Bertz CT molecular complexity index is 1570. The van der Waals surface area contributed by atoms with Crippen molar-refractivity contribution < 1.29 is 9.47 Å². The number of hydrogen-bond acceptors (Lipinski definition) is 10. The summed E-state index contributed by atoms with van der Waals surface area (Å²) in [6, 6.07) is 11.6. The van der Waals surface area contributed by atoms with Crippen LogP contribution in [0.1, 0.15) is 67.4 Å². The van der Waals surface area contributed by atoms with Gasteiger partial charge in [0, 0.05) is 51.1 Å². The van der Waals surface area contributed by atoms with E-state index >= 15 is 0 Å². The number of ether oxygens (including phenoxy) is 2. The third-order valence-electron chi connectivity index (χ3n) is 7.17. The van der Waals surface area contributed by atoms with Crippen molar-refractivity contribution in [1.29, 1.82) is 0 Å². The molecule has 0 unspecified atom stereocenters. The van der Waals surface area contributed by atoms with E-state index in [4.69, 9.17) is 36.0 Å². The molecule has 4 heterocycles. The normalized spacial score (nSPS) is 13.0. The fourth-order valence-corrected chi connectivity index (χ4v) is 5.57. The Morgan fingerprint density at radius 2 is 1.63 bits per heavy atom. The quantitative estimate of drug-likeness (QED) is 0.143. The molecule has 0 bridgehead atoms. The highest BCUT2D eigenvalue weighted by Gasteiger charge is 2.22. The molecule has 0 spiro atoms. The van der Waals surface area contributed by atoms with Crippen molar-refractivity contribution in [3.63, 3.8) is 0 Å². The molecule has 0 radical (unpaired) electrons. The molecule has 1 aliphatic heterocycles. The number of piperazine rings is 1. The van der Waals surface area contributed by atoms with E-state index in [1.165, 1.54) is 11.9 Å². The molecule has 268 valence electrons. The highest BCUT2D eigenvalue weighted by molar-refractivity contribution is 8.00. The van der Waals surface area contributed by atoms with Gasteiger partial charge in [-0.3, -0.25) is 9.40 Å². The third-order valence-corrected chi connectivity index (χ3v) is 8.28. The van der Waals surface area contributed by atoms with Gasteiger partial charge in [-0.25, -0.2) is 9.97 Å². The lowest BCUT2D eigenvalue weighted by molar-refractivity contribution is 0.279. The molecule has 0 amide bonds. The number of anilines is 2. The SMILES string of the molecule is CC.CC(C)C.CCc1c(Oc2cccc(N3CCN(C)CC3)c2Cl)nc(NSc2cnn(C)c2)nc1-c1cccc(OCCC(C)C)n1. The van der Waals surface area contributed by atoms with Crippen LogP contribution in [0.3, 0.4) is 0 Å². The number of benzene rings is 1. The molecule has 1 aromatic carbocycles. The van der Waals surface area contributed by atoms with E-state index in [2.05, 4.69) is 68.2 Å². The highest BCUT2D eigenvalue weighted by atomic mass is 35.5. The van der Waals surface area contributed by atoms with Gasteiger partial charge >= 0.3 is 0 Å². The standard InChI is InChI=1S/C31H39ClN8O2S.C4H10.C2H6/c1-6-23-29(24-9-7-12-27(34-24)41-18-13-21(2)3)35-31(37-43-22-19-33-39(5)20-22)36-30(23)42-26-11-8-10-25(28(26)32)40-16-14-38(4)15-17-40;1-4(2)3;1-2/h7-12,19-21H,6,13-18H2,1-5H3,(H,35,36,37);4H,1-3H3;1-2H3. The molecule has 1 fully saturated rings. The molecule has 0 atom stereocenters. The lowest BCUT2D eigenvalue weighted by Gasteiger charge is -2.34. The van der Waals surface area contributed by atoms with Crippen LogP contribution in [0.15, 0.2) is 53.7 Å². The van der Waals surface area contributed by atoms with Crippen molar-refractivity contribution in [2.75, 3.05) is 49.5 Å². The van der Waals surface area contributed by atoms with Crippen LogP contribution in [0.4, 0.5) is 11.6 Å². The number of nitrogens with zero attached hydrogens (tertiary/aromatic N) is 7. The largest absolute Gasteiger partial charge is 0.478 e. The first-order valence-corrected chi connectivity index (χ1v) is 18.6. The number of pyridine rings is 1. The average Bonchev–Trinajstić information content (AvgIpc) is 3.50. The molecule has 49 heavy (non-hydrogen) atoms. The summed E-state index contributed by atoms with van der Waals surface area (Å²) in [7, 11) is 4.01. The lowest BCUT2D eigenvalue weighted by Crippen LogP contribution is -2.44. The fourth-order valence-electron chi connectivity index (χ4n) is 4.68. The Balaban J connectivity index is 0.00000101. The van der Waals surface area contributed by atoms with Gasteiger partial charge in [0.25, 0.3) is 0 Å². The minimum Gasteiger partial charge on any atom is -0.478 e. The van der Waals surface area contributed by atoms with Crippen molar-refractivity contribution in [2.24, 2.45) is 18.9 Å². The zero-order valence-corrected chi connectivity index (χ0v) is 32.5. The van der Waals surface area contributed by atoms with E-state index in [1.807, 2.05) is 63.5 Å². The van der Waals surface area contributed by atoms with E-state index in [1.54, 1.807) is 10.9 Å². The lowest BCUT2D eigenvalue weighted by atomic mass is 10.1. The van der Waals surface area contributed by atoms with Gasteiger partial charge in [-0.15, -0.1) is 0 Å². The van der Waals surface area contributed by atoms with Gasteiger partial charge in [-0.05, 0) is 61.9 Å². The molecule has 0 aliphatic carbocycles. The second kappa shape index (κ2) is 20.2. The Hall–Kier alpha value is -3.54. The number of hydrogen-bond donors (Lipinski definition) is 1. The molecule has 0 saturated carbocycles. The maximum atomic E-state index is 6.97. The van der Waals surface area contributed by atoms with E-state index in [0.717, 1.165) is 54.7 Å². The zero-order chi connectivity index (χ0) is 35.9. The van der Waals surface area contributed by atoms with Gasteiger partial charge < -0.3 is 19.3 Å². The Morgan fingerprint density at radius 3 is 2.27 bits per heavy atom. The molecule has 1 N–H and O–H groups in total. The molecular weight excluding hydrogens is 656 g/mol. The minimum absolute atomic E-state index is 0.385. The molecule has 3 aromatic heterocycles. The van der Waals surface area contributed by atoms with Crippen LogP contribution in [-0.2, 0) is 13.5 Å². The van der Waals surface area contributed by atoms with Crippen LogP contribution in [0.25, 0.3) is 11.4 Å². The van der Waals surface area contributed by atoms with Gasteiger partial charge in [0.2, 0.25) is 17.7 Å². The van der Waals surface area contributed by atoms with Gasteiger partial charge in [0.1, 0.15) is 16.5 Å². The van der Waals surface area contributed by atoms with Gasteiger partial charge in [0.05, 0.1) is 29.1 Å². The maximum absolute atomic E-state index is 6.97. The van der Waals surface area contributed by atoms with E-state index < -0.39 is 0 Å². The summed E-state index contributed by atoms with van der Waals surface area (Å²) in [5.74, 6) is 3.29. The van der Waals surface area contributed by atoms with Crippen molar-refractivity contribution in [3.8, 4) is 28.9 Å². The molecule has 4 aromatic rings. The average molecular weight is 711 g/mol. The molecular formula is C37H55ClN8O2S. The van der Waals surface area contributed by atoms with E-state index in [9.17, 15) is 0 Å². The Kier molecular flexibility index (Phi) is 16.5. The summed E-state index contributed by atoms with van der Waals surface area (Å²) >= 11 is 8.35. The van der Waals surface area contributed by atoms with Crippen LogP contribution in [0, 0.1) is 11.8 Å². The van der Waals surface area contributed by atoms with Gasteiger partial charge in [-0.2, -0.15) is 10.1 Å². The summed E-state index contributed by atoms with van der Waals surface area (Å²) < 4.78 is 17.5. The number of halogens is 1. The minimum atomic E-state index is 0.385. The topological polar surface area (TPSA) is 93.5 Å². The molecule has 1 aliphatic rings. The molecule has 12 heteroatoms. The summed E-state index contributed by atoms with van der Waals surface area (Å²) in [6.07, 6.45) is 5.26. The zero-order valence-electron chi connectivity index (χ0n) is 31.0. The van der Waals surface area contributed by atoms with Crippen LogP contribution in [0.2, 0.25) is 5.02 Å². The van der Waals surface area contributed by atoms with Crippen LogP contribution >= 0.6 is 23.5 Å². The monoisotopic (exact) mass is 710 g/mol. The van der Waals surface area contributed by atoms with Crippen LogP contribution in [0.5, 0.6) is 17.5 Å². The van der Waals surface area contributed by atoms with Crippen LogP contribution < -0.4 is 19.1 Å². The molecule has 1 saturated heterocycles. The van der Waals surface area contributed by atoms with E-state index in [-0.39, 0.29) is 0 Å². The fraction of sp³-hybridized carbons (Fsp3) is 0.514. The van der Waals surface area contributed by atoms with Crippen LogP contribution in [-0.4, -0.2) is 69.5 Å². The highest BCUT2D eigenvalue weighted by Crippen LogP contribution is 2.40. The first-order valence-electron chi connectivity index (χ1n) is 17.4. The van der Waals surface area contributed by atoms with Crippen molar-refractivity contribution in [2.45, 2.75) is 73.1 Å². The Morgan fingerprint density at radius 1 is 0.939 bits per heavy atom. The Labute approximate surface area is 303 Å².